The number of esters is 2. The van der Waals surface area contributed by atoms with Gasteiger partial charge in [-0.25, -0.2) is 0 Å². The Morgan fingerprint density at radius 1 is 0.324 bits per heavy atom. The maximum Gasteiger partial charge on any atom is 0.311 e. The molecule has 2 N–H and O–H groups in total. The molecule has 800 valence electrons. The van der Waals surface area contributed by atoms with Crippen molar-refractivity contribution in [2.45, 2.75) is 489 Å². The molecule has 36 atom stereocenters. The van der Waals surface area contributed by atoms with Gasteiger partial charge >= 0.3 is 11.9 Å². The van der Waals surface area contributed by atoms with Gasteiger partial charge in [0.15, 0.2) is 0 Å². The van der Waals surface area contributed by atoms with Gasteiger partial charge in [-0.15, -0.1) is 0 Å². The van der Waals surface area contributed by atoms with Crippen LogP contribution in [-0.2, 0) is 33.4 Å². The molecule has 0 spiro atoms. The Kier molecular flexibility index (Phi) is 26.8. The Labute approximate surface area is 870 Å². The third-order valence-corrected chi connectivity index (χ3v) is 58.0. The van der Waals surface area contributed by atoms with E-state index in [1.807, 2.05) is 24.6 Å². The highest BCUT2D eigenvalue weighted by molar-refractivity contribution is 7.86. The molecule has 0 saturated heterocycles. The normalized spacial score (nSPS) is 52.4. The second-order valence-electron chi connectivity index (χ2n) is 63.9. The van der Waals surface area contributed by atoms with Crippen molar-refractivity contribution < 1.29 is 41.9 Å². The highest BCUT2D eigenvalue weighted by Crippen LogP contribution is 2.83. The zero-order chi connectivity index (χ0) is 104. The molecule has 0 radical (unpaired) electrons. The van der Waals surface area contributed by atoms with Gasteiger partial charge in [0.05, 0.1) is 42.7 Å². The molecule has 16 saturated carbocycles. The zero-order valence-corrected chi connectivity index (χ0v) is 98.5. The number of allylic oxidation sites excluding steroid dienone is 8. The molecular formula is C132H212O9S. The number of hydrogen-bond donors (Lipinski definition) is 2. The third-order valence-electron chi connectivity index (χ3n) is 56.8. The first kappa shape index (κ1) is 109. The van der Waals surface area contributed by atoms with Crippen LogP contribution in [0, 0.1) is 226 Å². The predicted molar refractivity (Wildman–Crippen MR) is 585 cm³/mol. The number of hydrogen-bond acceptors (Lipinski definition) is 9. The number of fused-ring (bicyclic) bond motifs is 28. The van der Waals surface area contributed by atoms with Crippen molar-refractivity contribution in [1.82, 2.24) is 0 Å². The second-order valence-corrected chi connectivity index (χ2v) is 65.5. The second kappa shape index (κ2) is 35.0. The zero-order valence-electron chi connectivity index (χ0n) is 97.7. The average Bonchev–Trinajstić information content (AvgIpc) is 0.681. The maximum atomic E-state index is 13.1. The summed E-state index contributed by atoms with van der Waals surface area (Å²) in [6, 6.07) is 7.04. The van der Waals surface area contributed by atoms with E-state index in [0.717, 1.165) is 129 Å². The monoisotopic (exact) mass is 1970 g/mol. The highest BCUT2D eigenvalue weighted by Gasteiger charge is 2.75. The summed E-state index contributed by atoms with van der Waals surface area (Å²) < 4.78 is 42.7. The van der Waals surface area contributed by atoms with Crippen molar-refractivity contribution in [3.05, 3.63) is 76.4 Å². The predicted octanol–water partition coefficient (Wildman–Crippen LogP) is 34.5. The summed E-state index contributed by atoms with van der Waals surface area (Å²) in [7, 11) is -0.638. The Bertz CT molecular complexity index is 5090. The van der Waals surface area contributed by atoms with Crippen LogP contribution in [0.5, 0.6) is 0 Å². The lowest BCUT2D eigenvalue weighted by atomic mass is 9.33. The van der Waals surface area contributed by atoms with Crippen molar-refractivity contribution in [2.75, 3.05) is 27.4 Å². The number of benzene rings is 1. The van der Waals surface area contributed by atoms with Crippen LogP contribution in [0.15, 0.2) is 75.8 Å². The summed E-state index contributed by atoms with van der Waals surface area (Å²) in [4.78, 5) is 25.9. The van der Waals surface area contributed by atoms with Crippen LogP contribution in [-0.4, -0.2) is 64.1 Å². The van der Waals surface area contributed by atoms with Crippen LogP contribution < -0.4 is 0 Å². The van der Waals surface area contributed by atoms with E-state index in [4.69, 9.17) is 13.7 Å². The van der Waals surface area contributed by atoms with Crippen molar-refractivity contribution in [3.8, 4) is 0 Å². The van der Waals surface area contributed by atoms with E-state index < -0.39 is 10.1 Å². The third kappa shape index (κ3) is 15.6. The van der Waals surface area contributed by atoms with Gasteiger partial charge in [0.1, 0.15) is 0 Å². The number of rotatable bonds is 7. The molecule has 0 aliphatic heterocycles. The number of aliphatic hydroxyl groups is 2. The first-order valence-electron chi connectivity index (χ1n) is 59.8. The largest absolute Gasteiger partial charge is 0.469 e. The molecule has 4 unspecified atom stereocenters. The number of carbonyl (C=O) groups excluding carboxylic acids is 2. The summed E-state index contributed by atoms with van der Waals surface area (Å²) >= 11 is 0. The number of aryl methyl sites for hydroxylation is 1. The van der Waals surface area contributed by atoms with E-state index >= 15 is 0 Å². The lowest BCUT2D eigenvalue weighted by Gasteiger charge is -2.71. The molecule has 21 rings (SSSR count). The van der Waals surface area contributed by atoms with E-state index in [-0.39, 0.29) is 83.7 Å². The summed E-state index contributed by atoms with van der Waals surface area (Å²) in [6.07, 6.45) is 60.6. The number of ether oxygens (including phenoxy) is 2. The van der Waals surface area contributed by atoms with Gasteiger partial charge in [0.25, 0.3) is 10.1 Å². The molecule has 20 aliphatic carbocycles. The van der Waals surface area contributed by atoms with Crippen molar-refractivity contribution >= 4 is 22.1 Å². The van der Waals surface area contributed by atoms with Crippen LogP contribution >= 0.6 is 0 Å². The molecule has 0 heterocycles. The fourth-order valence-corrected chi connectivity index (χ4v) is 45.3. The molecule has 0 aromatic heterocycles. The highest BCUT2D eigenvalue weighted by atomic mass is 32.2. The smallest absolute Gasteiger partial charge is 0.311 e. The van der Waals surface area contributed by atoms with Crippen LogP contribution in [0.25, 0.3) is 0 Å². The Balaban J connectivity index is 0.000000126. The minimum absolute atomic E-state index is 0.00391. The Morgan fingerprint density at radius 2 is 0.592 bits per heavy atom. The van der Waals surface area contributed by atoms with Gasteiger partial charge in [-0.1, -0.05) is 265 Å². The summed E-state index contributed by atoms with van der Waals surface area (Å²) in [5.74, 6) is 10.8. The molecule has 142 heavy (non-hydrogen) atoms. The van der Waals surface area contributed by atoms with Crippen molar-refractivity contribution in [3.63, 3.8) is 0 Å². The first-order chi connectivity index (χ1) is 65.5. The molecule has 16 fully saturated rings. The van der Waals surface area contributed by atoms with Crippen LogP contribution in [0.2, 0.25) is 0 Å². The van der Waals surface area contributed by atoms with Gasteiger partial charge in [-0.3, -0.25) is 13.8 Å². The average molecular weight is 1980 g/mol. The van der Waals surface area contributed by atoms with Crippen molar-refractivity contribution in [2.24, 2.45) is 219 Å². The topological polar surface area (TPSA) is 136 Å². The number of aliphatic hydroxyl groups excluding tert-OH is 2. The maximum absolute atomic E-state index is 13.1. The minimum atomic E-state index is -3.77. The molecule has 9 nitrogen and oxygen atoms in total. The van der Waals surface area contributed by atoms with Gasteiger partial charge in [-0.05, 0) is 498 Å². The van der Waals surface area contributed by atoms with Crippen LogP contribution in [0.3, 0.4) is 0 Å². The van der Waals surface area contributed by atoms with E-state index in [1.165, 1.54) is 186 Å². The molecule has 1 aromatic rings. The molecule has 0 amide bonds. The van der Waals surface area contributed by atoms with Crippen LogP contribution in [0.4, 0.5) is 0 Å². The van der Waals surface area contributed by atoms with Gasteiger partial charge < -0.3 is 19.7 Å². The molecule has 10 heteroatoms. The van der Waals surface area contributed by atoms with E-state index in [2.05, 4.69) is 239 Å². The molecule has 0 bridgehead atoms. The summed E-state index contributed by atoms with van der Waals surface area (Å²) in [5.41, 5.74) is 14.1. The van der Waals surface area contributed by atoms with Gasteiger partial charge in [-0.2, -0.15) is 8.42 Å². The number of methoxy groups -OCH3 is 2. The Morgan fingerprint density at radius 3 is 0.894 bits per heavy atom. The van der Waals surface area contributed by atoms with Crippen LogP contribution in [0.1, 0.15) is 477 Å². The summed E-state index contributed by atoms with van der Waals surface area (Å²) in [6.45, 7) is 81.4. The van der Waals surface area contributed by atoms with E-state index in [9.17, 15) is 28.2 Å². The lowest BCUT2D eigenvalue weighted by molar-refractivity contribution is -0.203. The number of carbonyl (C=O) groups is 2. The SMILES string of the molecule is COC(=O)[C@@]1(C)CC[C@]2(C)CC[C@]3(C)C(=CCC4[C@@]5(C)CC[C@H](C)C(C)(C)[C@@H]5CC[C@]43C)[C@@H]2C1.COC(=O)[C@@]1(C)CC[C@]2(C)CC[C@]3(C)C(=CCC4[C@@]5(C)CC[C@H](O)C(C)(C)[C@@H]5CC[C@]43C)[C@@H]2C1.C[C@H]1CC[C@]2(C)C3CC=C4[C@@H]5C[C@@](C)(CO)CC[C@]5(C)CC[C@@]4(C)[C@]3(C)CC[C@H]2C1(C)C.Cc1ccc(S(=O)(=O)OC[C@@]2(C)CC[C@]3(C)CC[C@]4(C)C(=CCC5[C@@]6(C)CC[C@H](C)C(C)(C)[C@@H]6CC[C@]54C)[C@@H]3C2)cc1. The van der Waals surface area contributed by atoms with E-state index in [0.29, 0.717) is 118 Å². The fraction of sp³-hybridized carbons (Fsp3) is 0.879. The Hall–Kier alpha value is -3.05. The van der Waals surface area contributed by atoms with Gasteiger partial charge in [0.2, 0.25) is 0 Å². The molecular weight excluding hydrogens is 1760 g/mol. The van der Waals surface area contributed by atoms with Crippen molar-refractivity contribution in [1.29, 1.82) is 0 Å². The quantitative estimate of drug-likeness (QED) is 0.155. The first-order valence-corrected chi connectivity index (χ1v) is 61.2. The minimum Gasteiger partial charge on any atom is -0.469 e. The molecule has 1 aromatic carbocycles. The lowest BCUT2D eigenvalue weighted by Crippen LogP contribution is -2.64. The van der Waals surface area contributed by atoms with E-state index in [1.54, 1.807) is 43.1 Å². The van der Waals surface area contributed by atoms with Gasteiger partial charge in [0, 0.05) is 6.61 Å². The fourth-order valence-electron chi connectivity index (χ4n) is 44.2. The standard InChI is InChI=1S/C38H58O3S.C32H52O2.C31H50O3.C31H52O/c1-26-10-12-28(13-11-26)42(39,40)41-25-34(5)20-21-35(6)22-23-37(8)29(30(35)24-34)14-15-32-36(7)18-16-27(2)33(3,4)31(36)17-19-38(32,37)9;1-21-12-14-30(6)24(27(21,2)3)13-15-32(8)25(30)11-10-22-23-20-29(5,26(33)34-9)17-16-28(23,4)18-19-31(22,32)7;1-26(2)22-11-14-31(7)23(29(22,5)13-12-24(26)32)10-9-20-21-19-28(4,25(33)34-8)16-15-27(21,3)17-18-30(20,31)6;1-21-11-13-29(6)24(26(21,2)3)12-14-31(8)25(29)10-9-22-23-19-27(4,20-32)15-16-28(23,5)17-18-30(22,31)7/h10-14,27,30-32H,15-25H2,1-9H3;10,21,23-25H,11-20H2,1-9H3;9,21-24,32H,10-19H2,1-8H3;9,21,23-25,32H,10-20H2,1-8H3/t27-,30-,31-,32?,34-,35+,36-,37+,38+;21-,23-,24-,25?,28+,29-,30-,31+,32+;21-,22-,23?,24-,27+,28-,29-,30+,31+;21-,23-,24-,25?,27-,28+,29-,30+,31+/m0000/s1. The summed E-state index contributed by atoms with van der Waals surface area (Å²) in [5, 5.41) is 21.1. The molecule has 20 aliphatic rings.